The van der Waals surface area contributed by atoms with E-state index in [1.54, 1.807) is 13.3 Å². The lowest BCUT2D eigenvalue weighted by Crippen LogP contribution is -2.18. The molecule has 13 heavy (non-hydrogen) atoms. The molecule has 1 aromatic heterocycles. The van der Waals surface area contributed by atoms with Gasteiger partial charge in [-0.2, -0.15) is 0 Å². The Hall–Kier alpha value is -0.610. The summed E-state index contributed by atoms with van der Waals surface area (Å²) in [4.78, 5) is 4.08. The van der Waals surface area contributed by atoms with Gasteiger partial charge in [0.15, 0.2) is 0 Å². The number of hydrogen-bond acceptors (Lipinski definition) is 3. The van der Waals surface area contributed by atoms with Gasteiger partial charge in [0.25, 0.3) is 0 Å². The number of rotatable bonds is 4. The van der Waals surface area contributed by atoms with Gasteiger partial charge in [-0.3, -0.25) is 0 Å². The highest BCUT2D eigenvalue weighted by Crippen LogP contribution is 2.13. The molecule has 0 aliphatic rings. The Kier molecular flexibility index (Phi) is 4.18. The minimum atomic E-state index is 0.0266. The summed E-state index contributed by atoms with van der Waals surface area (Å²) in [5.41, 5.74) is 0. The van der Waals surface area contributed by atoms with E-state index in [4.69, 9.17) is 9.47 Å². The average Bonchev–Trinajstić information content (AvgIpc) is 2.09. The minimum Gasteiger partial charge on any atom is -0.472 e. The summed E-state index contributed by atoms with van der Waals surface area (Å²) in [6.07, 6.45) is 1.73. The molecule has 1 rings (SSSR count). The van der Waals surface area contributed by atoms with Gasteiger partial charge in [0.1, 0.15) is 6.10 Å². The highest BCUT2D eigenvalue weighted by atomic mass is 79.9. The predicted molar refractivity (Wildman–Crippen MR) is 53.9 cm³/mol. The zero-order valence-corrected chi connectivity index (χ0v) is 9.24. The Morgan fingerprint density at radius 1 is 1.54 bits per heavy atom. The normalized spacial score (nSPS) is 12.5. The van der Waals surface area contributed by atoms with E-state index in [1.807, 2.05) is 19.1 Å². The Morgan fingerprint density at radius 3 is 2.85 bits per heavy atom. The van der Waals surface area contributed by atoms with Crippen molar-refractivity contribution in [2.24, 2.45) is 0 Å². The molecule has 1 unspecified atom stereocenters. The van der Waals surface area contributed by atoms with Crippen molar-refractivity contribution in [3.63, 3.8) is 0 Å². The topological polar surface area (TPSA) is 31.4 Å². The van der Waals surface area contributed by atoms with E-state index in [0.717, 1.165) is 4.47 Å². The summed E-state index contributed by atoms with van der Waals surface area (Å²) >= 11 is 3.30. The van der Waals surface area contributed by atoms with Crippen LogP contribution in [-0.4, -0.2) is 24.8 Å². The summed E-state index contributed by atoms with van der Waals surface area (Å²) in [5, 5.41) is 0. The number of nitrogens with zero attached hydrogens (tertiary/aromatic N) is 1. The molecule has 0 aliphatic heterocycles. The third-order valence-corrected chi connectivity index (χ3v) is 1.89. The van der Waals surface area contributed by atoms with E-state index in [2.05, 4.69) is 20.9 Å². The molecule has 0 aromatic carbocycles. The van der Waals surface area contributed by atoms with Crippen molar-refractivity contribution in [2.75, 3.05) is 13.7 Å². The predicted octanol–water partition coefficient (Wildman–Crippen LogP) is 2.26. The summed E-state index contributed by atoms with van der Waals surface area (Å²) < 4.78 is 11.3. The Morgan fingerprint density at radius 2 is 2.31 bits per heavy atom. The molecule has 1 atom stereocenters. The quantitative estimate of drug-likeness (QED) is 0.816. The largest absolute Gasteiger partial charge is 0.472 e. The number of ether oxygens (including phenoxy) is 2. The molecule has 1 heterocycles. The van der Waals surface area contributed by atoms with Crippen LogP contribution in [0.3, 0.4) is 0 Å². The second-order valence-corrected chi connectivity index (χ2v) is 3.61. The molecule has 0 bridgehead atoms. The van der Waals surface area contributed by atoms with E-state index in [0.29, 0.717) is 12.5 Å². The molecule has 0 saturated heterocycles. The van der Waals surface area contributed by atoms with Gasteiger partial charge in [-0.1, -0.05) is 0 Å². The van der Waals surface area contributed by atoms with Crippen LogP contribution >= 0.6 is 15.9 Å². The van der Waals surface area contributed by atoms with Crippen molar-refractivity contribution in [1.82, 2.24) is 4.98 Å². The maximum atomic E-state index is 5.45. The first-order valence-electron chi connectivity index (χ1n) is 3.99. The van der Waals surface area contributed by atoms with E-state index in [9.17, 15) is 0 Å². The van der Waals surface area contributed by atoms with Crippen molar-refractivity contribution in [2.45, 2.75) is 13.0 Å². The van der Waals surface area contributed by atoms with Crippen molar-refractivity contribution in [3.8, 4) is 5.88 Å². The van der Waals surface area contributed by atoms with Crippen LogP contribution in [0.25, 0.3) is 0 Å². The first-order valence-corrected chi connectivity index (χ1v) is 4.79. The molecule has 0 saturated carbocycles. The van der Waals surface area contributed by atoms with Gasteiger partial charge in [0.05, 0.1) is 6.61 Å². The molecule has 0 spiro atoms. The van der Waals surface area contributed by atoms with Crippen LogP contribution in [0.15, 0.2) is 22.8 Å². The van der Waals surface area contributed by atoms with Crippen LogP contribution in [0.5, 0.6) is 5.88 Å². The van der Waals surface area contributed by atoms with Gasteiger partial charge in [-0.15, -0.1) is 0 Å². The molecular formula is C9H12BrNO2. The van der Waals surface area contributed by atoms with Crippen LogP contribution in [0.4, 0.5) is 0 Å². The molecular weight excluding hydrogens is 234 g/mol. The number of halogens is 1. The lowest BCUT2D eigenvalue weighted by molar-refractivity contribution is 0.0889. The Balaban J connectivity index is 2.49. The van der Waals surface area contributed by atoms with Crippen molar-refractivity contribution in [3.05, 3.63) is 22.8 Å². The van der Waals surface area contributed by atoms with Gasteiger partial charge >= 0.3 is 0 Å². The lowest BCUT2D eigenvalue weighted by atomic mass is 10.4. The molecule has 3 nitrogen and oxygen atoms in total. The van der Waals surface area contributed by atoms with E-state index in [1.165, 1.54) is 0 Å². The molecule has 72 valence electrons. The van der Waals surface area contributed by atoms with Gasteiger partial charge in [-0.05, 0) is 28.9 Å². The number of methoxy groups -OCH3 is 1. The highest BCUT2D eigenvalue weighted by Gasteiger charge is 2.03. The van der Waals surface area contributed by atoms with Crippen molar-refractivity contribution < 1.29 is 9.47 Å². The Labute approximate surface area is 86.2 Å². The third-order valence-electron chi connectivity index (χ3n) is 1.42. The zero-order chi connectivity index (χ0) is 9.68. The van der Waals surface area contributed by atoms with Gasteiger partial charge < -0.3 is 9.47 Å². The smallest absolute Gasteiger partial charge is 0.213 e. The van der Waals surface area contributed by atoms with E-state index >= 15 is 0 Å². The lowest BCUT2D eigenvalue weighted by Gasteiger charge is -2.12. The van der Waals surface area contributed by atoms with Gasteiger partial charge in [0, 0.05) is 23.8 Å². The van der Waals surface area contributed by atoms with Crippen molar-refractivity contribution in [1.29, 1.82) is 0 Å². The molecule has 0 aliphatic carbocycles. The molecule has 0 amide bonds. The fraction of sp³-hybridized carbons (Fsp3) is 0.444. The standard InChI is InChI=1S/C9H12BrNO2/c1-7(6-12-2)13-9-4-3-8(10)5-11-9/h3-5,7H,6H2,1-2H3. The molecule has 4 heteroatoms. The van der Waals surface area contributed by atoms with Crippen LogP contribution < -0.4 is 4.74 Å². The zero-order valence-electron chi connectivity index (χ0n) is 7.66. The minimum absolute atomic E-state index is 0.0266. The van der Waals surface area contributed by atoms with Crippen molar-refractivity contribution >= 4 is 15.9 Å². The number of hydrogen-bond donors (Lipinski definition) is 0. The Bertz CT molecular complexity index is 250. The maximum absolute atomic E-state index is 5.45. The first-order chi connectivity index (χ1) is 6.22. The van der Waals surface area contributed by atoms with E-state index < -0.39 is 0 Å². The third kappa shape index (κ3) is 3.74. The monoisotopic (exact) mass is 245 g/mol. The second-order valence-electron chi connectivity index (χ2n) is 2.70. The van der Waals surface area contributed by atoms with Gasteiger partial charge in [-0.25, -0.2) is 4.98 Å². The maximum Gasteiger partial charge on any atom is 0.213 e. The summed E-state index contributed by atoms with van der Waals surface area (Å²) in [7, 11) is 1.65. The highest BCUT2D eigenvalue weighted by molar-refractivity contribution is 9.10. The van der Waals surface area contributed by atoms with Crippen LogP contribution in [0, 0.1) is 0 Å². The second kappa shape index (κ2) is 5.19. The molecule has 0 radical (unpaired) electrons. The molecule has 1 aromatic rings. The van der Waals surface area contributed by atoms with Crippen LogP contribution in [0.2, 0.25) is 0 Å². The molecule has 0 N–H and O–H groups in total. The van der Waals surface area contributed by atoms with E-state index in [-0.39, 0.29) is 6.10 Å². The fourth-order valence-electron chi connectivity index (χ4n) is 0.907. The molecule has 0 fully saturated rings. The number of pyridine rings is 1. The SMILES string of the molecule is COCC(C)Oc1ccc(Br)cn1. The number of aromatic nitrogens is 1. The fourth-order valence-corrected chi connectivity index (χ4v) is 1.14. The summed E-state index contributed by atoms with van der Waals surface area (Å²) in [5.74, 6) is 0.618. The summed E-state index contributed by atoms with van der Waals surface area (Å²) in [6.45, 7) is 2.50. The van der Waals surface area contributed by atoms with Crippen LogP contribution in [0.1, 0.15) is 6.92 Å². The summed E-state index contributed by atoms with van der Waals surface area (Å²) in [6, 6.07) is 3.71. The van der Waals surface area contributed by atoms with Gasteiger partial charge in [0.2, 0.25) is 5.88 Å². The first kappa shape index (κ1) is 10.5. The average molecular weight is 246 g/mol. The van der Waals surface area contributed by atoms with Crippen LogP contribution in [-0.2, 0) is 4.74 Å².